The largest absolute Gasteiger partial charge is 0.459 e. The summed E-state index contributed by atoms with van der Waals surface area (Å²) < 4.78 is 6.39. The van der Waals surface area contributed by atoms with Gasteiger partial charge in [0.25, 0.3) is 0 Å². The van der Waals surface area contributed by atoms with Crippen molar-refractivity contribution in [1.82, 2.24) is 10.3 Å². The van der Waals surface area contributed by atoms with Crippen molar-refractivity contribution in [3.63, 3.8) is 0 Å². The summed E-state index contributed by atoms with van der Waals surface area (Å²) in [4.78, 5) is 18.6. The second kappa shape index (κ2) is 10.5. The summed E-state index contributed by atoms with van der Waals surface area (Å²) in [5, 5.41) is 7.99. The Morgan fingerprint density at radius 3 is 2.68 bits per heavy atom. The molecular weight excluding hydrogens is 527 g/mol. The molecule has 9 heteroatoms. The third-order valence-corrected chi connectivity index (χ3v) is 7.16. The third kappa shape index (κ3) is 5.07. The number of nitrogens with zero attached hydrogens (tertiary/aromatic N) is 2. The van der Waals surface area contributed by atoms with Crippen LogP contribution in [0.4, 0.5) is 11.4 Å². The molecule has 2 N–H and O–H groups in total. The van der Waals surface area contributed by atoms with Crippen molar-refractivity contribution in [2.24, 2.45) is 0 Å². The van der Waals surface area contributed by atoms with Gasteiger partial charge in [0.15, 0.2) is 5.11 Å². The lowest BCUT2D eigenvalue weighted by molar-refractivity contribution is -0.115. The number of anilines is 2. The van der Waals surface area contributed by atoms with Crippen molar-refractivity contribution >= 4 is 57.8 Å². The van der Waals surface area contributed by atoms with Gasteiger partial charge in [0.05, 0.1) is 16.8 Å². The Kier molecular flexibility index (Phi) is 7.20. The van der Waals surface area contributed by atoms with Crippen LogP contribution in [0.15, 0.2) is 77.3 Å². The molecule has 4 aromatic rings. The first-order valence-electron chi connectivity index (χ1n) is 11.8. The van der Waals surface area contributed by atoms with Crippen LogP contribution in [-0.2, 0) is 4.79 Å². The van der Waals surface area contributed by atoms with Crippen LogP contribution in [0, 0.1) is 6.92 Å². The minimum Gasteiger partial charge on any atom is -0.459 e. The van der Waals surface area contributed by atoms with Gasteiger partial charge in [0.1, 0.15) is 17.6 Å². The van der Waals surface area contributed by atoms with Crippen LogP contribution in [0.3, 0.4) is 0 Å². The molecule has 0 aliphatic carbocycles. The quantitative estimate of drug-likeness (QED) is 0.242. The lowest BCUT2D eigenvalue weighted by Gasteiger charge is -2.27. The number of benzene rings is 2. The number of amides is 1. The molecule has 0 spiro atoms. The van der Waals surface area contributed by atoms with E-state index in [4.69, 9.17) is 39.8 Å². The first-order valence-corrected chi connectivity index (χ1v) is 13.0. The fourth-order valence-electron chi connectivity index (χ4n) is 4.44. The molecule has 1 saturated heterocycles. The van der Waals surface area contributed by atoms with Crippen LogP contribution in [0.5, 0.6) is 0 Å². The van der Waals surface area contributed by atoms with E-state index in [9.17, 15) is 4.79 Å². The molecule has 1 amide bonds. The second-order valence-electron chi connectivity index (χ2n) is 8.72. The van der Waals surface area contributed by atoms with Crippen LogP contribution >= 0.6 is 35.4 Å². The van der Waals surface area contributed by atoms with Crippen molar-refractivity contribution < 1.29 is 9.21 Å². The van der Waals surface area contributed by atoms with Crippen molar-refractivity contribution in [1.29, 1.82) is 0 Å². The van der Waals surface area contributed by atoms with Gasteiger partial charge in [-0.05, 0) is 85.4 Å². The summed E-state index contributed by atoms with van der Waals surface area (Å²) in [5.41, 5.74) is 4.15. The van der Waals surface area contributed by atoms with Crippen LogP contribution < -0.4 is 15.5 Å². The Hall–Kier alpha value is -3.39. The Bertz CT molecular complexity index is 1470. The molecule has 1 aliphatic heterocycles. The Morgan fingerprint density at radius 2 is 1.97 bits per heavy atom. The molecule has 0 saturated carbocycles. The van der Waals surface area contributed by atoms with Gasteiger partial charge < -0.3 is 20.0 Å². The third-order valence-electron chi connectivity index (χ3n) is 6.30. The lowest BCUT2D eigenvalue weighted by atomic mass is 10.0. The Morgan fingerprint density at radius 1 is 1.14 bits per heavy atom. The molecule has 3 heterocycles. The molecule has 2 aromatic carbocycles. The van der Waals surface area contributed by atoms with Gasteiger partial charge in [0.2, 0.25) is 5.91 Å². The van der Waals surface area contributed by atoms with Gasteiger partial charge in [-0.15, -0.1) is 0 Å². The number of furan rings is 1. The summed E-state index contributed by atoms with van der Waals surface area (Å²) in [6, 6.07) is 20.2. The molecule has 0 unspecified atom stereocenters. The number of halogens is 2. The molecular formula is C28H24Cl2N4O2S. The molecule has 2 atom stereocenters. The number of aromatic nitrogens is 1. The first-order chi connectivity index (χ1) is 17.9. The number of carbonyl (C=O) groups excluding carboxylic acids is 1. The lowest BCUT2D eigenvalue weighted by Crippen LogP contribution is -2.29. The number of hydrogen-bond acceptors (Lipinski definition) is 4. The van der Waals surface area contributed by atoms with E-state index in [0.717, 1.165) is 28.2 Å². The van der Waals surface area contributed by atoms with Crippen LogP contribution in [-0.4, -0.2) is 16.0 Å². The fourth-order valence-corrected chi connectivity index (χ4v) is 5.29. The number of aryl methyl sites for hydroxylation is 1. The van der Waals surface area contributed by atoms with Crippen molar-refractivity contribution in [2.45, 2.75) is 32.4 Å². The number of nitrogens with one attached hydrogen (secondary N) is 2. The molecule has 6 nitrogen and oxygen atoms in total. The van der Waals surface area contributed by atoms with E-state index in [1.54, 1.807) is 18.3 Å². The zero-order valence-corrected chi connectivity index (χ0v) is 22.5. The average Bonchev–Trinajstić information content (AvgIpc) is 3.50. The van der Waals surface area contributed by atoms with Crippen molar-refractivity contribution in [3.8, 4) is 11.3 Å². The van der Waals surface area contributed by atoms with Crippen LogP contribution in [0.2, 0.25) is 10.0 Å². The smallest absolute Gasteiger partial charge is 0.224 e. The zero-order valence-electron chi connectivity index (χ0n) is 20.2. The van der Waals surface area contributed by atoms with E-state index >= 15 is 0 Å². The van der Waals surface area contributed by atoms with Gasteiger partial charge in [0, 0.05) is 34.6 Å². The van der Waals surface area contributed by atoms with Crippen molar-refractivity contribution in [2.75, 3.05) is 10.2 Å². The second-order valence-corrected chi connectivity index (χ2v) is 9.95. The van der Waals surface area contributed by atoms with E-state index in [-0.39, 0.29) is 18.0 Å². The van der Waals surface area contributed by atoms with Gasteiger partial charge >= 0.3 is 0 Å². The predicted molar refractivity (Wildman–Crippen MR) is 152 cm³/mol. The summed E-state index contributed by atoms with van der Waals surface area (Å²) in [7, 11) is 0. The molecule has 2 aromatic heterocycles. The maximum absolute atomic E-state index is 11.9. The highest BCUT2D eigenvalue weighted by Crippen LogP contribution is 2.44. The summed E-state index contributed by atoms with van der Waals surface area (Å²) in [6.07, 6.45) is 2.17. The van der Waals surface area contributed by atoms with Gasteiger partial charge in [-0.3, -0.25) is 9.78 Å². The van der Waals surface area contributed by atoms with Gasteiger partial charge in [-0.1, -0.05) is 36.2 Å². The summed E-state index contributed by atoms with van der Waals surface area (Å²) in [6.45, 7) is 3.78. The molecule has 0 radical (unpaired) electrons. The van der Waals surface area contributed by atoms with Gasteiger partial charge in [-0.25, -0.2) is 0 Å². The minimum absolute atomic E-state index is 0.0359. The van der Waals surface area contributed by atoms with E-state index in [1.165, 1.54) is 0 Å². The van der Waals surface area contributed by atoms with Crippen LogP contribution in [0.1, 0.15) is 42.4 Å². The summed E-state index contributed by atoms with van der Waals surface area (Å²) >= 11 is 18.4. The number of hydrogen-bond donors (Lipinski definition) is 2. The molecule has 188 valence electrons. The summed E-state index contributed by atoms with van der Waals surface area (Å²) in [5.74, 6) is 1.29. The maximum Gasteiger partial charge on any atom is 0.224 e. The molecule has 5 rings (SSSR count). The monoisotopic (exact) mass is 550 g/mol. The van der Waals surface area contributed by atoms with E-state index < -0.39 is 0 Å². The number of pyridine rings is 1. The Balaban J connectivity index is 1.57. The molecule has 1 fully saturated rings. The number of rotatable bonds is 6. The highest BCUT2D eigenvalue weighted by atomic mass is 35.5. The molecule has 0 bridgehead atoms. The standard InChI is InChI=1S/C28H24Cl2N4O2S/c1-3-25(35)32-21-10-8-18(14-16(21)2)34-27(26(33-28(34)37)22-6-4-5-13-31-22)24-12-11-23(36-24)19-9-7-17(29)15-20(19)30/h4-15,26-27H,3H2,1-2H3,(H,32,35)(H,33,37)/t26-,27-/m1/s1. The molecule has 37 heavy (non-hydrogen) atoms. The Labute approximate surface area is 230 Å². The number of thiocarbonyl (C=S) groups is 1. The normalized spacial score (nSPS) is 17.1. The SMILES string of the molecule is CCC(=O)Nc1ccc(N2C(=S)N[C@H](c3ccccn3)[C@H]2c2ccc(-c3ccc(Cl)cc3Cl)o2)cc1C. The highest BCUT2D eigenvalue weighted by Gasteiger charge is 2.42. The van der Waals surface area contributed by atoms with Gasteiger partial charge in [-0.2, -0.15) is 0 Å². The van der Waals surface area contributed by atoms with Crippen molar-refractivity contribution in [3.05, 3.63) is 100.0 Å². The fraction of sp³-hybridized carbons (Fsp3) is 0.179. The topological polar surface area (TPSA) is 70.4 Å². The highest BCUT2D eigenvalue weighted by molar-refractivity contribution is 7.80. The number of carbonyl (C=O) groups is 1. The van der Waals surface area contributed by atoms with Crippen LogP contribution in [0.25, 0.3) is 11.3 Å². The zero-order chi connectivity index (χ0) is 26.1. The first kappa shape index (κ1) is 25.3. The average molecular weight is 551 g/mol. The molecule has 1 aliphatic rings. The maximum atomic E-state index is 11.9. The minimum atomic E-state index is -0.322. The van der Waals surface area contributed by atoms with E-state index in [1.807, 2.05) is 73.3 Å². The van der Waals surface area contributed by atoms with E-state index in [2.05, 4.69) is 15.6 Å². The predicted octanol–water partition coefficient (Wildman–Crippen LogP) is 7.48. The van der Waals surface area contributed by atoms with E-state index in [0.29, 0.717) is 33.1 Å².